The number of aromatic carboxylic acids is 1. The van der Waals surface area contributed by atoms with Gasteiger partial charge in [0.1, 0.15) is 5.82 Å². The van der Waals surface area contributed by atoms with Gasteiger partial charge in [-0.25, -0.2) is 9.18 Å². The largest absolute Gasteiger partial charge is 0.475 e. The van der Waals surface area contributed by atoms with Gasteiger partial charge in [-0.05, 0) is 24.3 Å². The van der Waals surface area contributed by atoms with E-state index in [-0.39, 0.29) is 17.1 Å². The number of rotatable bonds is 3. The Morgan fingerprint density at radius 1 is 1.06 bits per heavy atom. The molecule has 0 unspecified atom stereocenters. The molecule has 1 aromatic heterocycles. The molecule has 86 valence electrons. The maximum Gasteiger partial charge on any atom is 0.371 e. The molecule has 0 fully saturated rings. The van der Waals surface area contributed by atoms with Crippen LogP contribution >= 0.6 is 0 Å². The molecule has 17 heavy (non-hydrogen) atoms. The fourth-order valence-electron chi connectivity index (χ4n) is 1.35. The second kappa shape index (κ2) is 4.21. The molecule has 1 N–H and O–H groups in total. The van der Waals surface area contributed by atoms with E-state index in [1.807, 2.05) is 0 Å². The summed E-state index contributed by atoms with van der Waals surface area (Å²) in [4.78, 5) is 22.3. The molecular formula is C12H7FO4. The molecule has 0 bridgehead atoms. The lowest BCUT2D eigenvalue weighted by Gasteiger charge is -1.98. The Balaban J connectivity index is 2.37. The number of hydrogen-bond acceptors (Lipinski definition) is 3. The summed E-state index contributed by atoms with van der Waals surface area (Å²) in [5.74, 6) is -3.20. The minimum Gasteiger partial charge on any atom is -0.475 e. The smallest absolute Gasteiger partial charge is 0.371 e. The number of carboxylic acids is 1. The standard InChI is InChI=1S/C12H7FO4/c13-8-4-2-1-3-7(8)11(14)9-5-6-10(17-9)12(15)16/h1-6H,(H,15,16). The highest BCUT2D eigenvalue weighted by molar-refractivity contribution is 6.07. The van der Waals surface area contributed by atoms with Gasteiger partial charge in [0.25, 0.3) is 0 Å². The highest BCUT2D eigenvalue weighted by Gasteiger charge is 2.18. The molecule has 0 saturated heterocycles. The van der Waals surface area contributed by atoms with E-state index in [2.05, 4.69) is 0 Å². The van der Waals surface area contributed by atoms with Crippen LogP contribution in [0.25, 0.3) is 0 Å². The quantitative estimate of drug-likeness (QED) is 0.827. The van der Waals surface area contributed by atoms with Gasteiger partial charge >= 0.3 is 5.97 Å². The zero-order chi connectivity index (χ0) is 12.4. The molecular weight excluding hydrogens is 227 g/mol. The van der Waals surface area contributed by atoms with E-state index < -0.39 is 17.6 Å². The lowest BCUT2D eigenvalue weighted by atomic mass is 10.1. The number of hydrogen-bond donors (Lipinski definition) is 1. The summed E-state index contributed by atoms with van der Waals surface area (Å²) in [5.41, 5.74) is -0.154. The maximum atomic E-state index is 13.3. The second-order valence-electron chi connectivity index (χ2n) is 3.28. The Hall–Kier alpha value is -2.43. The number of furan rings is 1. The van der Waals surface area contributed by atoms with Crippen molar-refractivity contribution in [2.75, 3.05) is 0 Å². The van der Waals surface area contributed by atoms with Crippen LogP contribution in [-0.4, -0.2) is 16.9 Å². The van der Waals surface area contributed by atoms with E-state index in [1.54, 1.807) is 0 Å². The third-order valence-electron chi connectivity index (χ3n) is 2.16. The molecule has 0 radical (unpaired) electrons. The van der Waals surface area contributed by atoms with Crippen molar-refractivity contribution in [2.24, 2.45) is 0 Å². The van der Waals surface area contributed by atoms with Gasteiger partial charge < -0.3 is 9.52 Å². The lowest BCUT2D eigenvalue weighted by molar-refractivity contribution is 0.0660. The zero-order valence-electron chi connectivity index (χ0n) is 8.51. The molecule has 2 aromatic rings. The lowest BCUT2D eigenvalue weighted by Crippen LogP contribution is -2.02. The van der Waals surface area contributed by atoms with E-state index in [1.165, 1.54) is 24.3 Å². The van der Waals surface area contributed by atoms with Crippen LogP contribution in [0.5, 0.6) is 0 Å². The molecule has 0 spiro atoms. The van der Waals surface area contributed by atoms with Crippen LogP contribution in [0.2, 0.25) is 0 Å². The van der Waals surface area contributed by atoms with E-state index in [0.717, 1.165) is 12.1 Å². The number of carboxylic acid groups (broad SMARTS) is 1. The van der Waals surface area contributed by atoms with E-state index >= 15 is 0 Å². The SMILES string of the molecule is O=C(O)c1ccc(C(=O)c2ccccc2F)o1. The first kappa shape index (κ1) is 11.1. The van der Waals surface area contributed by atoms with Crippen molar-refractivity contribution in [2.45, 2.75) is 0 Å². The van der Waals surface area contributed by atoms with Crippen LogP contribution < -0.4 is 0 Å². The molecule has 0 saturated carbocycles. The Bertz CT molecular complexity index is 586. The summed E-state index contributed by atoms with van der Waals surface area (Å²) in [7, 11) is 0. The molecule has 0 aliphatic heterocycles. The van der Waals surface area contributed by atoms with Gasteiger partial charge in [0.15, 0.2) is 5.76 Å². The van der Waals surface area contributed by atoms with Crippen molar-refractivity contribution in [3.63, 3.8) is 0 Å². The maximum absolute atomic E-state index is 13.3. The van der Waals surface area contributed by atoms with Crippen LogP contribution in [0.4, 0.5) is 4.39 Å². The fraction of sp³-hybridized carbons (Fsp3) is 0. The summed E-state index contributed by atoms with van der Waals surface area (Å²) in [6, 6.07) is 7.78. The first-order valence-electron chi connectivity index (χ1n) is 4.72. The topological polar surface area (TPSA) is 67.5 Å². The fourth-order valence-corrected chi connectivity index (χ4v) is 1.35. The first-order valence-corrected chi connectivity index (χ1v) is 4.72. The predicted molar refractivity (Wildman–Crippen MR) is 55.5 cm³/mol. The minimum atomic E-state index is -1.28. The monoisotopic (exact) mass is 234 g/mol. The number of benzene rings is 1. The summed E-state index contributed by atoms with van der Waals surface area (Å²) in [6.45, 7) is 0. The number of halogens is 1. The van der Waals surface area contributed by atoms with Crippen molar-refractivity contribution >= 4 is 11.8 Å². The average molecular weight is 234 g/mol. The molecule has 2 rings (SSSR count). The highest BCUT2D eigenvalue weighted by atomic mass is 19.1. The Morgan fingerprint density at radius 2 is 1.71 bits per heavy atom. The van der Waals surface area contributed by atoms with Crippen molar-refractivity contribution in [1.29, 1.82) is 0 Å². The van der Waals surface area contributed by atoms with Crippen LogP contribution in [0.1, 0.15) is 26.7 Å². The van der Waals surface area contributed by atoms with Crippen LogP contribution in [-0.2, 0) is 0 Å². The molecule has 4 nitrogen and oxygen atoms in total. The van der Waals surface area contributed by atoms with Gasteiger partial charge in [0.2, 0.25) is 11.5 Å². The van der Waals surface area contributed by atoms with Gasteiger partial charge in [-0.2, -0.15) is 0 Å². The van der Waals surface area contributed by atoms with Gasteiger partial charge in [0.05, 0.1) is 5.56 Å². The second-order valence-corrected chi connectivity index (χ2v) is 3.28. The third-order valence-corrected chi connectivity index (χ3v) is 2.16. The van der Waals surface area contributed by atoms with Gasteiger partial charge in [-0.1, -0.05) is 12.1 Å². The molecule has 1 heterocycles. The molecule has 1 aromatic carbocycles. The number of ketones is 1. The minimum absolute atomic E-state index is 0.154. The summed E-state index contributed by atoms with van der Waals surface area (Å²) >= 11 is 0. The van der Waals surface area contributed by atoms with E-state index in [9.17, 15) is 14.0 Å². The third kappa shape index (κ3) is 2.08. The number of carbonyl (C=O) groups is 2. The summed E-state index contributed by atoms with van der Waals surface area (Å²) < 4.78 is 18.1. The summed E-state index contributed by atoms with van der Waals surface area (Å²) in [5, 5.41) is 8.63. The molecule has 0 atom stereocenters. The predicted octanol–water partition coefficient (Wildman–Crippen LogP) is 2.35. The molecule has 0 aliphatic rings. The van der Waals surface area contributed by atoms with Crippen molar-refractivity contribution in [1.82, 2.24) is 0 Å². The van der Waals surface area contributed by atoms with Crippen LogP contribution in [0.15, 0.2) is 40.8 Å². The molecule has 0 aliphatic carbocycles. The average Bonchev–Trinajstić information content (AvgIpc) is 2.78. The first-order chi connectivity index (χ1) is 8.09. The summed E-state index contributed by atoms with van der Waals surface area (Å²) in [6.07, 6.45) is 0. The normalized spacial score (nSPS) is 10.2. The van der Waals surface area contributed by atoms with E-state index in [0.29, 0.717) is 0 Å². The van der Waals surface area contributed by atoms with Crippen molar-refractivity contribution in [3.05, 3.63) is 59.3 Å². The van der Waals surface area contributed by atoms with Crippen molar-refractivity contribution < 1.29 is 23.5 Å². The van der Waals surface area contributed by atoms with Crippen LogP contribution in [0, 0.1) is 5.82 Å². The van der Waals surface area contributed by atoms with Gasteiger partial charge in [-0.3, -0.25) is 4.79 Å². The van der Waals surface area contributed by atoms with Crippen molar-refractivity contribution in [3.8, 4) is 0 Å². The van der Waals surface area contributed by atoms with Gasteiger partial charge in [-0.15, -0.1) is 0 Å². The molecule has 0 amide bonds. The van der Waals surface area contributed by atoms with Gasteiger partial charge in [0, 0.05) is 0 Å². The number of carbonyl (C=O) groups excluding carboxylic acids is 1. The Kier molecular flexibility index (Phi) is 2.74. The van der Waals surface area contributed by atoms with Crippen LogP contribution in [0.3, 0.4) is 0 Å². The Morgan fingerprint density at radius 3 is 2.29 bits per heavy atom. The Labute approximate surface area is 95.3 Å². The molecule has 5 heteroatoms. The zero-order valence-corrected chi connectivity index (χ0v) is 8.51. The van der Waals surface area contributed by atoms with E-state index in [4.69, 9.17) is 9.52 Å². The highest BCUT2D eigenvalue weighted by Crippen LogP contribution is 2.15.